The largest absolute Gasteiger partial charge is 0.494 e. The van der Waals surface area contributed by atoms with Crippen LogP contribution in [0.3, 0.4) is 0 Å². The molecule has 0 radical (unpaired) electrons. The number of carbonyl (C=O) groups is 4. The zero-order valence-corrected chi connectivity index (χ0v) is 30.3. The average Bonchev–Trinajstić information content (AvgIpc) is 3.13. The number of hydrogen-bond acceptors (Lipinski definition) is 8. The van der Waals surface area contributed by atoms with Gasteiger partial charge in [0.1, 0.15) is 11.8 Å². The molecule has 4 aromatic carbocycles. The Hall–Kier alpha value is -5.49. The Balaban J connectivity index is 1.30. The summed E-state index contributed by atoms with van der Waals surface area (Å²) < 4.78 is 28.5. The smallest absolute Gasteiger partial charge is 0.343 e. The van der Waals surface area contributed by atoms with E-state index in [4.69, 9.17) is 14.2 Å². The molecule has 0 saturated heterocycles. The van der Waals surface area contributed by atoms with E-state index >= 15 is 0 Å². The molecule has 2 amide bonds. The summed E-state index contributed by atoms with van der Waals surface area (Å²) >= 11 is 0. The van der Waals surface area contributed by atoms with Crippen molar-refractivity contribution in [2.24, 2.45) is 0 Å². The minimum atomic E-state index is -1.28. The molecule has 11 nitrogen and oxygen atoms in total. The van der Waals surface area contributed by atoms with Gasteiger partial charge in [0, 0.05) is 39.6 Å². The maximum absolute atomic E-state index is 13.0. The third-order valence-corrected chi connectivity index (χ3v) is 9.02. The second-order valence-corrected chi connectivity index (χ2v) is 13.5. The second-order valence-electron chi connectivity index (χ2n) is 12.1. The first-order valence-corrected chi connectivity index (χ1v) is 18.6. The maximum Gasteiger partial charge on any atom is 0.343 e. The molecule has 4 rings (SSSR count). The fourth-order valence-electron chi connectivity index (χ4n) is 5.27. The highest BCUT2D eigenvalue weighted by molar-refractivity contribution is 7.84. The molecule has 274 valence electrons. The molecule has 0 aliphatic rings. The lowest BCUT2D eigenvalue weighted by Gasteiger charge is -2.16. The van der Waals surface area contributed by atoms with Gasteiger partial charge in [-0.1, -0.05) is 50.8 Å². The summed E-state index contributed by atoms with van der Waals surface area (Å²) in [6.45, 7) is 2.79. The molecule has 0 heterocycles. The molecule has 2 unspecified atom stereocenters. The molecule has 12 heteroatoms. The first-order valence-electron chi connectivity index (χ1n) is 17.0. The molecule has 52 heavy (non-hydrogen) atoms. The van der Waals surface area contributed by atoms with Gasteiger partial charge in [-0.2, -0.15) is 0 Å². The molecule has 0 aliphatic carbocycles. The Morgan fingerprint density at radius 2 is 1.52 bits per heavy atom. The van der Waals surface area contributed by atoms with Crippen LogP contribution in [-0.4, -0.2) is 59.1 Å². The van der Waals surface area contributed by atoms with Crippen LogP contribution in [-0.2, 0) is 33.2 Å². The number of carboxylic acids is 1. The number of ether oxygens (including phenoxy) is 3. The Morgan fingerprint density at radius 3 is 2.19 bits per heavy atom. The van der Waals surface area contributed by atoms with Crippen molar-refractivity contribution >= 4 is 40.2 Å². The quantitative estimate of drug-likeness (QED) is 0.0549. The van der Waals surface area contributed by atoms with Gasteiger partial charge in [0.25, 0.3) is 5.91 Å². The molecule has 0 bridgehead atoms. The van der Waals surface area contributed by atoms with Gasteiger partial charge < -0.3 is 30.0 Å². The van der Waals surface area contributed by atoms with E-state index in [0.29, 0.717) is 39.6 Å². The van der Waals surface area contributed by atoms with Crippen molar-refractivity contribution in [2.75, 3.05) is 25.3 Å². The molecule has 3 N–H and O–H groups in total. The number of unbranched alkanes of at least 4 members (excludes halogenated alkanes) is 4. The van der Waals surface area contributed by atoms with Crippen LogP contribution in [0.4, 0.5) is 5.69 Å². The van der Waals surface area contributed by atoms with E-state index in [0.717, 1.165) is 12.8 Å². The zero-order valence-electron chi connectivity index (χ0n) is 29.5. The van der Waals surface area contributed by atoms with Crippen LogP contribution in [0.1, 0.15) is 70.9 Å². The monoisotopic (exact) mass is 728 g/mol. The Bertz CT molecular complexity index is 1860. The number of aliphatic carboxylic acids is 1. The standard InChI is InChI=1S/C40H44N2O9S/c1-4-5-6-7-8-22-50-32-19-15-30(16-20-32)40(47)51-35-21-12-28(25-36(35)49-2)24-34(39(45)46)42-38(44)29-13-17-31(18-14-29)41-37(43)26-27-10-9-11-33(23-27)52(3)48/h9-21,23,25,34H,4-8,22,24,26H2,1-3H3,(H,41,43)(H,42,44)(H,45,46). The average molecular weight is 729 g/mol. The molecule has 0 spiro atoms. The third kappa shape index (κ3) is 12.1. The minimum absolute atomic E-state index is 0.0742. The first kappa shape index (κ1) is 39.3. The summed E-state index contributed by atoms with van der Waals surface area (Å²) in [4.78, 5) is 51.2. The molecule has 0 aliphatic heterocycles. The van der Waals surface area contributed by atoms with Crippen molar-refractivity contribution in [3.63, 3.8) is 0 Å². The highest BCUT2D eigenvalue weighted by Gasteiger charge is 2.23. The van der Waals surface area contributed by atoms with E-state index in [1.807, 2.05) is 0 Å². The van der Waals surface area contributed by atoms with E-state index in [2.05, 4.69) is 17.6 Å². The van der Waals surface area contributed by atoms with Crippen molar-refractivity contribution in [3.05, 3.63) is 113 Å². The van der Waals surface area contributed by atoms with Crippen molar-refractivity contribution in [1.29, 1.82) is 0 Å². The zero-order chi connectivity index (χ0) is 37.5. The van der Waals surface area contributed by atoms with Crippen LogP contribution in [0.25, 0.3) is 0 Å². The Morgan fingerprint density at radius 1 is 0.808 bits per heavy atom. The minimum Gasteiger partial charge on any atom is -0.494 e. The molecule has 4 aromatic rings. The topological polar surface area (TPSA) is 157 Å². The third-order valence-electron chi connectivity index (χ3n) is 8.11. The van der Waals surface area contributed by atoms with Crippen molar-refractivity contribution in [1.82, 2.24) is 5.32 Å². The number of benzene rings is 4. The molecule has 0 saturated carbocycles. The van der Waals surface area contributed by atoms with Crippen LogP contribution in [0.15, 0.2) is 95.9 Å². The lowest BCUT2D eigenvalue weighted by molar-refractivity contribution is -0.139. The predicted molar refractivity (Wildman–Crippen MR) is 199 cm³/mol. The van der Waals surface area contributed by atoms with E-state index in [1.165, 1.54) is 44.6 Å². The fraction of sp³-hybridized carbons (Fsp3) is 0.300. The van der Waals surface area contributed by atoms with Gasteiger partial charge in [-0.05, 0) is 90.3 Å². The van der Waals surface area contributed by atoms with Gasteiger partial charge in [0.2, 0.25) is 5.91 Å². The predicted octanol–water partition coefficient (Wildman–Crippen LogP) is 6.61. The highest BCUT2D eigenvalue weighted by atomic mass is 32.2. The van der Waals surface area contributed by atoms with Crippen LogP contribution in [0.5, 0.6) is 17.2 Å². The fourth-order valence-corrected chi connectivity index (χ4v) is 5.86. The number of carboxylic acid groups (broad SMARTS) is 1. The number of nitrogens with one attached hydrogen (secondary N) is 2. The van der Waals surface area contributed by atoms with Crippen LogP contribution in [0, 0.1) is 0 Å². The number of methoxy groups -OCH3 is 1. The number of amides is 2. The summed E-state index contributed by atoms with van der Waals surface area (Å²) in [6, 6.07) is 23.1. The maximum atomic E-state index is 13.0. The van der Waals surface area contributed by atoms with Crippen molar-refractivity contribution in [3.8, 4) is 17.2 Å². The van der Waals surface area contributed by atoms with Crippen LogP contribution in [0.2, 0.25) is 0 Å². The number of esters is 1. The highest BCUT2D eigenvalue weighted by Crippen LogP contribution is 2.30. The van der Waals surface area contributed by atoms with E-state index in [1.54, 1.807) is 79.1 Å². The lowest BCUT2D eigenvalue weighted by atomic mass is 10.0. The van der Waals surface area contributed by atoms with E-state index < -0.39 is 34.7 Å². The summed E-state index contributed by atoms with van der Waals surface area (Å²) in [6.07, 6.45) is 7.25. The van der Waals surface area contributed by atoms with Gasteiger partial charge in [-0.25, -0.2) is 9.59 Å². The number of anilines is 1. The van der Waals surface area contributed by atoms with Crippen LogP contribution >= 0.6 is 0 Å². The Labute approximate surface area is 306 Å². The van der Waals surface area contributed by atoms with E-state index in [-0.39, 0.29) is 35.8 Å². The molecular weight excluding hydrogens is 685 g/mol. The normalized spacial score (nSPS) is 11.9. The van der Waals surface area contributed by atoms with Gasteiger partial charge in [-0.3, -0.25) is 13.8 Å². The second kappa shape index (κ2) is 19.8. The van der Waals surface area contributed by atoms with Crippen molar-refractivity contribution < 1.29 is 42.7 Å². The summed E-state index contributed by atoms with van der Waals surface area (Å²) in [5.74, 6) is -1.71. The van der Waals surface area contributed by atoms with Gasteiger partial charge in [0.05, 0.1) is 25.7 Å². The summed E-state index contributed by atoms with van der Waals surface area (Å²) in [5, 5.41) is 15.2. The Kier molecular flexibility index (Phi) is 15.0. The first-order chi connectivity index (χ1) is 25.1. The number of rotatable bonds is 19. The van der Waals surface area contributed by atoms with E-state index in [9.17, 15) is 28.5 Å². The number of hydrogen-bond donors (Lipinski definition) is 3. The molecule has 2 atom stereocenters. The van der Waals surface area contributed by atoms with Crippen LogP contribution < -0.4 is 24.8 Å². The lowest BCUT2D eigenvalue weighted by Crippen LogP contribution is -2.42. The van der Waals surface area contributed by atoms with Crippen molar-refractivity contribution in [2.45, 2.75) is 62.8 Å². The molecular formula is C40H44N2O9S. The SMILES string of the molecule is CCCCCCCOc1ccc(C(=O)Oc2ccc(CC(NC(=O)c3ccc(NC(=O)Cc4cccc(S(C)=O)c4)cc3)C(=O)O)cc2OC)cc1. The number of carbonyl (C=O) groups excluding carboxylic acids is 3. The van der Waals surface area contributed by atoms with Gasteiger partial charge in [-0.15, -0.1) is 0 Å². The summed E-state index contributed by atoms with van der Waals surface area (Å²) in [7, 11) is 0.240. The molecule has 0 fully saturated rings. The summed E-state index contributed by atoms with van der Waals surface area (Å²) in [5.41, 5.74) is 2.21. The molecule has 0 aromatic heterocycles. The van der Waals surface area contributed by atoms with Gasteiger partial charge >= 0.3 is 11.9 Å². The van der Waals surface area contributed by atoms with Gasteiger partial charge in [0.15, 0.2) is 11.5 Å².